The molecule has 2 rings (SSSR count). The van der Waals surface area contributed by atoms with Crippen molar-refractivity contribution in [2.75, 3.05) is 14.1 Å². The highest BCUT2D eigenvalue weighted by molar-refractivity contribution is 6.30. The Balaban J connectivity index is 1.89. The lowest BCUT2D eigenvalue weighted by molar-refractivity contribution is 0.170. The second-order valence-electron chi connectivity index (χ2n) is 5.16. The maximum absolute atomic E-state index is 6.11. The highest BCUT2D eigenvalue weighted by Crippen LogP contribution is 2.24. The fourth-order valence-corrected chi connectivity index (χ4v) is 2.92. The Morgan fingerprint density at radius 1 is 1.39 bits per heavy atom. The molecular weight excluding hydrogens is 246 g/mol. The van der Waals surface area contributed by atoms with Gasteiger partial charge in [-0.05, 0) is 45.8 Å². The lowest BCUT2D eigenvalue weighted by Crippen LogP contribution is -2.39. The SMILES string of the molecule is CNC1CCC(N(C)Cc2cccnc2Cl)CC1. The van der Waals surface area contributed by atoms with Crippen molar-refractivity contribution < 1.29 is 0 Å². The number of aromatic nitrogens is 1. The van der Waals surface area contributed by atoms with Crippen LogP contribution in [0, 0.1) is 0 Å². The number of hydrogen-bond donors (Lipinski definition) is 1. The fourth-order valence-electron chi connectivity index (χ4n) is 2.74. The zero-order chi connectivity index (χ0) is 13.0. The smallest absolute Gasteiger partial charge is 0.133 e. The van der Waals surface area contributed by atoms with Crippen molar-refractivity contribution in [1.82, 2.24) is 15.2 Å². The number of halogens is 1. The van der Waals surface area contributed by atoms with E-state index in [1.165, 1.54) is 25.7 Å². The van der Waals surface area contributed by atoms with Gasteiger partial charge < -0.3 is 5.32 Å². The lowest BCUT2D eigenvalue weighted by Gasteiger charge is -2.34. The summed E-state index contributed by atoms with van der Waals surface area (Å²) in [5, 5.41) is 4.01. The van der Waals surface area contributed by atoms with Gasteiger partial charge in [0.2, 0.25) is 0 Å². The molecule has 0 saturated heterocycles. The monoisotopic (exact) mass is 267 g/mol. The maximum atomic E-state index is 6.11. The predicted molar refractivity (Wildman–Crippen MR) is 75.8 cm³/mol. The van der Waals surface area contributed by atoms with Gasteiger partial charge in [-0.15, -0.1) is 0 Å². The molecule has 1 saturated carbocycles. The van der Waals surface area contributed by atoms with Crippen molar-refractivity contribution in [1.29, 1.82) is 0 Å². The summed E-state index contributed by atoms with van der Waals surface area (Å²) in [6, 6.07) is 5.39. The first-order valence-corrected chi connectivity index (χ1v) is 7.05. The third-order valence-corrected chi connectivity index (χ3v) is 4.32. The molecule has 0 radical (unpaired) electrons. The number of nitrogens with one attached hydrogen (secondary N) is 1. The maximum Gasteiger partial charge on any atom is 0.133 e. The molecule has 0 aliphatic heterocycles. The van der Waals surface area contributed by atoms with E-state index in [0.29, 0.717) is 17.2 Å². The first kappa shape index (κ1) is 13.8. The Labute approximate surface area is 115 Å². The second kappa shape index (κ2) is 6.50. The van der Waals surface area contributed by atoms with Gasteiger partial charge in [0.15, 0.2) is 0 Å². The van der Waals surface area contributed by atoms with Crippen molar-refractivity contribution in [3.05, 3.63) is 29.0 Å². The molecule has 1 aliphatic rings. The molecule has 3 nitrogen and oxygen atoms in total. The van der Waals surface area contributed by atoms with E-state index in [1.54, 1.807) is 6.20 Å². The largest absolute Gasteiger partial charge is 0.317 e. The molecule has 1 aliphatic carbocycles. The third-order valence-electron chi connectivity index (χ3n) is 3.98. The molecule has 0 spiro atoms. The van der Waals surface area contributed by atoms with Gasteiger partial charge in [0.05, 0.1) is 0 Å². The van der Waals surface area contributed by atoms with Gasteiger partial charge in [0.1, 0.15) is 5.15 Å². The molecule has 1 aromatic heterocycles. The molecule has 4 heteroatoms. The van der Waals surface area contributed by atoms with Gasteiger partial charge in [-0.3, -0.25) is 4.90 Å². The minimum absolute atomic E-state index is 0.633. The second-order valence-corrected chi connectivity index (χ2v) is 5.52. The minimum Gasteiger partial charge on any atom is -0.317 e. The normalized spacial score (nSPS) is 24.4. The van der Waals surface area contributed by atoms with Crippen molar-refractivity contribution in [2.24, 2.45) is 0 Å². The summed E-state index contributed by atoms with van der Waals surface area (Å²) in [7, 11) is 4.25. The van der Waals surface area contributed by atoms with Crippen molar-refractivity contribution in [3.63, 3.8) is 0 Å². The summed E-state index contributed by atoms with van der Waals surface area (Å²) in [6.07, 6.45) is 6.81. The first-order chi connectivity index (χ1) is 8.70. The average molecular weight is 268 g/mol. The molecule has 1 N–H and O–H groups in total. The van der Waals surface area contributed by atoms with Gasteiger partial charge in [0, 0.05) is 30.4 Å². The molecule has 0 bridgehead atoms. The average Bonchev–Trinajstić information content (AvgIpc) is 2.41. The van der Waals surface area contributed by atoms with Crippen molar-refractivity contribution >= 4 is 11.6 Å². The number of pyridine rings is 1. The standard InChI is InChI=1S/C14H22ClN3/c1-16-12-5-7-13(8-6-12)18(2)10-11-4-3-9-17-14(11)15/h3-4,9,12-13,16H,5-8,10H2,1-2H3. The summed E-state index contributed by atoms with van der Waals surface area (Å²) >= 11 is 6.11. The Kier molecular flexibility index (Phi) is 4.98. The molecule has 0 atom stereocenters. The number of rotatable bonds is 4. The van der Waals surface area contributed by atoms with Crippen LogP contribution in [0.25, 0.3) is 0 Å². The number of hydrogen-bond acceptors (Lipinski definition) is 3. The number of nitrogens with zero attached hydrogens (tertiary/aromatic N) is 2. The van der Waals surface area contributed by atoms with Crippen LogP contribution >= 0.6 is 11.6 Å². The highest BCUT2D eigenvalue weighted by atomic mass is 35.5. The van der Waals surface area contributed by atoms with Crippen LogP contribution in [0.1, 0.15) is 31.2 Å². The lowest BCUT2D eigenvalue weighted by atomic mass is 9.90. The summed E-state index contributed by atoms with van der Waals surface area (Å²) in [5.41, 5.74) is 1.12. The van der Waals surface area contributed by atoms with Crippen LogP contribution in [0.15, 0.2) is 18.3 Å². The zero-order valence-corrected chi connectivity index (χ0v) is 12.0. The predicted octanol–water partition coefficient (Wildman–Crippen LogP) is 2.70. The van der Waals surface area contributed by atoms with E-state index >= 15 is 0 Å². The molecule has 18 heavy (non-hydrogen) atoms. The van der Waals surface area contributed by atoms with Crippen LogP contribution in [0.4, 0.5) is 0 Å². The van der Waals surface area contributed by atoms with E-state index in [4.69, 9.17) is 11.6 Å². The summed E-state index contributed by atoms with van der Waals surface area (Å²) in [4.78, 5) is 6.54. The van der Waals surface area contributed by atoms with E-state index in [-0.39, 0.29) is 0 Å². The van der Waals surface area contributed by atoms with Gasteiger partial charge in [-0.1, -0.05) is 17.7 Å². The molecule has 0 unspecified atom stereocenters. The summed E-state index contributed by atoms with van der Waals surface area (Å²) < 4.78 is 0. The van der Waals surface area contributed by atoms with Crippen LogP contribution in [-0.4, -0.2) is 36.1 Å². The van der Waals surface area contributed by atoms with Crippen molar-refractivity contribution in [2.45, 2.75) is 44.3 Å². The van der Waals surface area contributed by atoms with Crippen LogP contribution in [0.5, 0.6) is 0 Å². The minimum atomic E-state index is 0.633. The molecule has 0 amide bonds. The quantitative estimate of drug-likeness (QED) is 0.851. The van der Waals surface area contributed by atoms with Gasteiger partial charge in [-0.25, -0.2) is 4.98 Å². The molecule has 1 heterocycles. The first-order valence-electron chi connectivity index (χ1n) is 6.67. The molecule has 1 fully saturated rings. The Bertz CT molecular complexity index is 375. The topological polar surface area (TPSA) is 28.2 Å². The molecule has 1 aromatic rings. The van der Waals surface area contributed by atoms with Crippen LogP contribution in [-0.2, 0) is 6.54 Å². The van der Waals surface area contributed by atoms with E-state index in [9.17, 15) is 0 Å². The van der Waals surface area contributed by atoms with Gasteiger partial charge >= 0.3 is 0 Å². The summed E-state index contributed by atoms with van der Waals surface area (Å²) in [6.45, 7) is 0.890. The Morgan fingerprint density at radius 2 is 2.11 bits per heavy atom. The van der Waals surface area contributed by atoms with Crippen LogP contribution < -0.4 is 5.32 Å². The fraction of sp³-hybridized carbons (Fsp3) is 0.643. The Morgan fingerprint density at radius 3 is 2.72 bits per heavy atom. The Hall–Kier alpha value is -0.640. The van der Waals surface area contributed by atoms with E-state index in [0.717, 1.165) is 12.1 Å². The summed E-state index contributed by atoms with van der Waals surface area (Å²) in [5.74, 6) is 0. The molecule has 100 valence electrons. The molecule has 0 aromatic carbocycles. The van der Waals surface area contributed by atoms with Crippen molar-refractivity contribution in [3.8, 4) is 0 Å². The highest BCUT2D eigenvalue weighted by Gasteiger charge is 2.23. The van der Waals surface area contributed by atoms with E-state index in [2.05, 4.69) is 35.4 Å². The van der Waals surface area contributed by atoms with E-state index < -0.39 is 0 Å². The van der Waals surface area contributed by atoms with Gasteiger partial charge in [-0.2, -0.15) is 0 Å². The van der Waals surface area contributed by atoms with E-state index in [1.807, 2.05) is 6.07 Å². The zero-order valence-electron chi connectivity index (χ0n) is 11.2. The van der Waals surface area contributed by atoms with Gasteiger partial charge in [0.25, 0.3) is 0 Å². The third kappa shape index (κ3) is 3.44. The van der Waals surface area contributed by atoms with Crippen LogP contribution in [0.2, 0.25) is 5.15 Å². The van der Waals surface area contributed by atoms with Crippen LogP contribution in [0.3, 0.4) is 0 Å². The molecular formula is C14H22ClN3.